The Morgan fingerprint density at radius 1 is 1.50 bits per heavy atom. The Kier molecular flexibility index (Phi) is 5.55. The maximum absolute atomic E-state index is 11.7. The van der Waals surface area contributed by atoms with E-state index in [0.717, 1.165) is 10.3 Å². The molecule has 0 bridgehead atoms. The third kappa shape index (κ3) is 6.22. The number of nitrogens with zero attached hydrogens (tertiary/aromatic N) is 2. The minimum absolute atomic E-state index is 0.331. The maximum atomic E-state index is 11.7. The highest BCUT2D eigenvalue weighted by Crippen LogP contribution is 2.09. The first-order chi connectivity index (χ1) is 9.28. The van der Waals surface area contributed by atoms with E-state index in [1.807, 2.05) is 39.0 Å². The summed E-state index contributed by atoms with van der Waals surface area (Å²) in [5, 5.41) is 11.1. The molecule has 0 atom stereocenters. The van der Waals surface area contributed by atoms with E-state index in [1.54, 1.807) is 13.1 Å². The van der Waals surface area contributed by atoms with Gasteiger partial charge in [-0.1, -0.05) is 12.2 Å². The van der Waals surface area contributed by atoms with E-state index in [2.05, 4.69) is 0 Å². The number of hydrogen-bond donors (Lipinski definition) is 0. The molecule has 0 aliphatic heterocycles. The second-order valence-electron chi connectivity index (χ2n) is 5.59. The fourth-order valence-electron chi connectivity index (χ4n) is 1.49. The Hall–Kier alpha value is -2.04. The van der Waals surface area contributed by atoms with Crippen molar-refractivity contribution in [2.75, 3.05) is 13.6 Å². The highest BCUT2D eigenvalue weighted by atomic mass is 16.6. The number of pyridine rings is 1. The van der Waals surface area contributed by atoms with Gasteiger partial charge in [0.2, 0.25) is 0 Å². The number of rotatable bonds is 4. The molecule has 1 amide bonds. The molecule has 1 aromatic heterocycles. The van der Waals surface area contributed by atoms with Crippen molar-refractivity contribution in [2.45, 2.75) is 32.8 Å². The molecule has 5 nitrogen and oxygen atoms in total. The van der Waals surface area contributed by atoms with Crippen molar-refractivity contribution in [3.8, 4) is 0 Å². The molecule has 0 aliphatic carbocycles. The van der Waals surface area contributed by atoms with Gasteiger partial charge >= 0.3 is 6.09 Å². The molecule has 1 aromatic rings. The molecule has 0 radical (unpaired) electrons. The molecule has 20 heavy (non-hydrogen) atoms. The van der Waals surface area contributed by atoms with Crippen LogP contribution in [0.1, 0.15) is 32.8 Å². The normalized spacial score (nSPS) is 11.6. The predicted octanol–water partition coefficient (Wildman–Crippen LogP) is 2.59. The summed E-state index contributed by atoms with van der Waals surface area (Å²) in [6, 6.07) is 3.54. The maximum Gasteiger partial charge on any atom is 0.410 e. The third-order valence-corrected chi connectivity index (χ3v) is 2.44. The average molecular weight is 278 g/mol. The van der Waals surface area contributed by atoms with Gasteiger partial charge < -0.3 is 14.8 Å². The monoisotopic (exact) mass is 278 g/mol. The molecule has 0 fully saturated rings. The van der Waals surface area contributed by atoms with Crippen LogP contribution in [0.15, 0.2) is 30.6 Å². The lowest BCUT2D eigenvalue weighted by Gasteiger charge is -2.24. The van der Waals surface area contributed by atoms with Crippen molar-refractivity contribution in [1.29, 1.82) is 0 Å². The second-order valence-corrected chi connectivity index (χ2v) is 5.59. The zero-order chi connectivity index (χ0) is 15.2. The van der Waals surface area contributed by atoms with Crippen LogP contribution in [0.2, 0.25) is 0 Å². The van der Waals surface area contributed by atoms with Crippen LogP contribution in [0.3, 0.4) is 0 Å². The molecule has 1 rings (SSSR count). The van der Waals surface area contributed by atoms with Gasteiger partial charge in [0.1, 0.15) is 5.60 Å². The van der Waals surface area contributed by atoms with Crippen LogP contribution in [-0.4, -0.2) is 30.2 Å². The summed E-state index contributed by atoms with van der Waals surface area (Å²) in [6.45, 7) is 6.08. The molecular weight excluding hydrogens is 256 g/mol. The van der Waals surface area contributed by atoms with Crippen LogP contribution in [0.4, 0.5) is 4.79 Å². The molecule has 0 N–H and O–H groups in total. The number of carbonyl (C=O) groups is 1. The van der Waals surface area contributed by atoms with Crippen molar-refractivity contribution in [3.05, 3.63) is 41.4 Å². The molecule has 0 aliphatic rings. The van der Waals surface area contributed by atoms with E-state index in [0.29, 0.717) is 13.0 Å². The van der Waals surface area contributed by atoms with Crippen molar-refractivity contribution >= 4 is 12.2 Å². The Morgan fingerprint density at radius 3 is 2.80 bits per heavy atom. The van der Waals surface area contributed by atoms with Gasteiger partial charge in [0.05, 0.1) is 0 Å². The Labute approximate surface area is 120 Å². The smallest absolute Gasteiger partial charge is 0.410 e. The molecule has 0 spiro atoms. The summed E-state index contributed by atoms with van der Waals surface area (Å²) < 4.78 is 6.01. The van der Waals surface area contributed by atoms with Crippen LogP contribution in [-0.2, 0) is 4.74 Å². The minimum Gasteiger partial charge on any atom is -0.619 e. The second kappa shape index (κ2) is 6.93. The first kappa shape index (κ1) is 16.0. The summed E-state index contributed by atoms with van der Waals surface area (Å²) >= 11 is 0. The van der Waals surface area contributed by atoms with E-state index in [1.165, 1.54) is 17.3 Å². The average Bonchev–Trinajstić information content (AvgIpc) is 2.32. The molecule has 0 saturated heterocycles. The lowest BCUT2D eigenvalue weighted by molar-refractivity contribution is -0.605. The summed E-state index contributed by atoms with van der Waals surface area (Å²) in [5.41, 5.74) is 0.356. The van der Waals surface area contributed by atoms with E-state index in [4.69, 9.17) is 4.74 Å². The van der Waals surface area contributed by atoms with E-state index in [-0.39, 0.29) is 6.09 Å². The number of ether oxygens (including phenoxy) is 1. The van der Waals surface area contributed by atoms with E-state index < -0.39 is 5.60 Å². The molecule has 0 unspecified atom stereocenters. The standard InChI is InChI=1S/C15H22N2O3/c1-15(2,3)20-14(18)16(4)10-6-5-8-13-9-7-11-17(19)12-13/h5,7-9,11-12H,6,10H2,1-4H3/b8-5+. The number of hydrogen-bond acceptors (Lipinski definition) is 3. The largest absolute Gasteiger partial charge is 0.619 e. The first-order valence-corrected chi connectivity index (χ1v) is 6.57. The van der Waals surface area contributed by atoms with Crippen LogP contribution < -0.4 is 4.73 Å². The van der Waals surface area contributed by atoms with Crippen molar-refractivity contribution in [1.82, 2.24) is 4.90 Å². The van der Waals surface area contributed by atoms with Gasteiger partial charge in [-0.2, -0.15) is 4.73 Å². The van der Waals surface area contributed by atoms with Gasteiger partial charge in [0.25, 0.3) is 0 Å². The lowest BCUT2D eigenvalue weighted by Crippen LogP contribution is -2.34. The van der Waals surface area contributed by atoms with Crippen molar-refractivity contribution in [3.63, 3.8) is 0 Å². The van der Waals surface area contributed by atoms with Gasteiger partial charge in [0.15, 0.2) is 12.4 Å². The zero-order valence-electron chi connectivity index (χ0n) is 12.5. The number of amides is 1. The summed E-state index contributed by atoms with van der Waals surface area (Å²) in [6.07, 6.45) is 7.08. The van der Waals surface area contributed by atoms with Crippen LogP contribution in [0, 0.1) is 5.21 Å². The molecule has 110 valence electrons. The number of aromatic nitrogens is 1. The zero-order valence-corrected chi connectivity index (χ0v) is 12.5. The van der Waals surface area contributed by atoms with Gasteiger partial charge in [0, 0.05) is 25.2 Å². The van der Waals surface area contributed by atoms with Crippen molar-refractivity contribution < 1.29 is 14.3 Å². The van der Waals surface area contributed by atoms with Crippen molar-refractivity contribution in [2.24, 2.45) is 0 Å². The highest BCUT2D eigenvalue weighted by Gasteiger charge is 2.18. The topological polar surface area (TPSA) is 56.5 Å². The molecule has 0 saturated carbocycles. The Bertz CT molecular complexity index is 478. The number of carbonyl (C=O) groups excluding carboxylic acids is 1. The van der Waals surface area contributed by atoms with Gasteiger partial charge in [-0.3, -0.25) is 0 Å². The van der Waals surface area contributed by atoms with Gasteiger partial charge in [-0.05, 0) is 33.3 Å². The van der Waals surface area contributed by atoms with Gasteiger partial charge in [-0.25, -0.2) is 4.79 Å². The third-order valence-electron chi connectivity index (χ3n) is 2.44. The Morgan fingerprint density at radius 2 is 2.20 bits per heavy atom. The minimum atomic E-state index is -0.479. The molecule has 5 heteroatoms. The molecular formula is C15H22N2O3. The van der Waals surface area contributed by atoms with E-state index in [9.17, 15) is 10.0 Å². The fraction of sp³-hybridized carbons (Fsp3) is 0.467. The summed E-state index contributed by atoms with van der Waals surface area (Å²) in [5.74, 6) is 0. The van der Waals surface area contributed by atoms with Crippen LogP contribution >= 0.6 is 0 Å². The highest BCUT2D eigenvalue weighted by molar-refractivity contribution is 5.67. The summed E-state index contributed by atoms with van der Waals surface area (Å²) in [4.78, 5) is 13.2. The first-order valence-electron chi connectivity index (χ1n) is 6.57. The quantitative estimate of drug-likeness (QED) is 0.628. The predicted molar refractivity (Wildman–Crippen MR) is 77.9 cm³/mol. The fourth-order valence-corrected chi connectivity index (χ4v) is 1.49. The molecule has 1 heterocycles. The van der Waals surface area contributed by atoms with Crippen LogP contribution in [0.25, 0.3) is 6.08 Å². The lowest BCUT2D eigenvalue weighted by atomic mass is 10.2. The van der Waals surface area contributed by atoms with Gasteiger partial charge in [-0.15, -0.1) is 0 Å². The van der Waals surface area contributed by atoms with Crippen LogP contribution in [0.5, 0.6) is 0 Å². The molecule has 0 aromatic carbocycles. The SMILES string of the molecule is CN(CC/C=C/c1ccc[n+]([O-])c1)C(=O)OC(C)(C)C. The van der Waals surface area contributed by atoms with E-state index >= 15 is 0 Å². The summed E-state index contributed by atoms with van der Waals surface area (Å²) in [7, 11) is 1.70. The Balaban J connectivity index is 2.38.